The highest BCUT2D eigenvalue weighted by Crippen LogP contribution is 1.84. The number of hydrogen-bond acceptors (Lipinski definition) is 0. The smallest absolute Gasteiger partial charge is 0.104 e. The van der Waals surface area contributed by atoms with Crippen LogP contribution in [-0.4, -0.2) is 17.8 Å². The van der Waals surface area contributed by atoms with Gasteiger partial charge in [0.2, 0.25) is 0 Å². The Balaban J connectivity index is 3.04. The van der Waals surface area contributed by atoms with E-state index in [0.29, 0.717) is 0 Å². The van der Waals surface area contributed by atoms with E-state index in [4.69, 9.17) is 0 Å². The van der Waals surface area contributed by atoms with E-state index in [1.165, 1.54) is 0 Å². The van der Waals surface area contributed by atoms with Gasteiger partial charge in [-0.3, -0.25) is 0 Å². The average Bonchev–Trinajstić information content (AvgIpc) is 1.93. The first-order valence-corrected chi connectivity index (χ1v) is 3.40. The van der Waals surface area contributed by atoms with Crippen molar-refractivity contribution < 1.29 is 9.14 Å². The number of hydrogen-bond donors (Lipinski definition) is 0. The lowest BCUT2D eigenvalue weighted by Gasteiger charge is -2.03. The molecule has 0 bridgehead atoms. The Morgan fingerprint density at radius 2 is 2.27 bits per heavy atom. The lowest BCUT2D eigenvalue weighted by molar-refractivity contribution is -0.615. The molecule has 0 radical (unpaired) electrons. The quantitative estimate of drug-likeness (QED) is 0.310. The van der Waals surface area contributed by atoms with Gasteiger partial charge < -0.3 is 9.14 Å². The van der Waals surface area contributed by atoms with Gasteiger partial charge in [0.1, 0.15) is 7.05 Å². The Bertz CT molecular complexity index is 273. The molecule has 1 aromatic rings. The number of pyridine rings is 1. The summed E-state index contributed by atoms with van der Waals surface area (Å²) in [5, 5.41) is 0. The topological polar surface area (TPSA) is 6.89 Å². The van der Waals surface area contributed by atoms with Crippen molar-refractivity contribution >= 4 is 6.21 Å². The normalized spacial score (nSPS) is 11.5. The molecule has 2 heteroatoms. The van der Waals surface area contributed by atoms with Crippen LogP contribution in [0.2, 0.25) is 0 Å². The van der Waals surface area contributed by atoms with Gasteiger partial charge in [-0.15, -0.1) is 0 Å². The lowest BCUT2D eigenvalue weighted by Crippen LogP contribution is -2.31. The summed E-state index contributed by atoms with van der Waals surface area (Å²) >= 11 is 0. The third-order valence-electron chi connectivity index (χ3n) is 1.33. The summed E-state index contributed by atoms with van der Waals surface area (Å²) in [7, 11) is 9.40. The minimum absolute atomic E-state index is 1.03. The van der Waals surface area contributed by atoms with Gasteiger partial charge in [0.05, 0.1) is 11.9 Å². The van der Waals surface area contributed by atoms with Gasteiger partial charge in [-0.2, -0.15) is 0 Å². The molecule has 0 atom stereocenters. The second kappa shape index (κ2) is 3.10. The molecule has 0 spiro atoms. The zero-order valence-electron chi connectivity index (χ0n) is 6.70. The van der Waals surface area contributed by atoms with Gasteiger partial charge in [0.15, 0.2) is 0 Å². The fourth-order valence-corrected chi connectivity index (χ4v) is 0.833. The van der Waals surface area contributed by atoms with Gasteiger partial charge in [0.25, 0.3) is 0 Å². The molecule has 0 aromatic carbocycles. The Labute approximate surface area is 67.4 Å². The molecule has 0 saturated heterocycles. The molecule has 0 saturated carbocycles. The first-order chi connectivity index (χ1) is 5.20. The molecule has 0 amide bonds. The van der Waals surface area contributed by atoms with Crippen molar-refractivity contribution in [3.8, 4) is 0 Å². The van der Waals surface area contributed by atoms with E-state index in [2.05, 4.69) is 14.1 Å². The van der Waals surface area contributed by atoms with Crippen LogP contribution in [-0.2, 0) is 0 Å². The summed E-state index contributed by atoms with van der Waals surface area (Å²) in [6.45, 7) is 0. The second-order valence-corrected chi connectivity index (χ2v) is 2.48. The first-order valence-electron chi connectivity index (χ1n) is 3.40. The van der Waals surface area contributed by atoms with Crippen LogP contribution in [0.3, 0.4) is 0 Å². The van der Waals surface area contributed by atoms with Crippen LogP contribution < -0.4 is 4.57 Å². The van der Waals surface area contributed by atoms with Crippen molar-refractivity contribution in [1.29, 1.82) is 0 Å². The molecule has 58 valence electrons. The molecule has 0 aliphatic carbocycles. The standard InChI is InChI=1S/C9H12N2/c1-10(2)8-9-6-4-5-7-11(9)3/h4-8H,1,3H2,2H3. The molecule has 0 unspecified atom stereocenters. The van der Waals surface area contributed by atoms with Crippen molar-refractivity contribution in [2.24, 2.45) is 0 Å². The molecular formula is C9H12N2. The molecule has 2 nitrogen and oxygen atoms in total. The van der Waals surface area contributed by atoms with Crippen LogP contribution in [0.15, 0.2) is 24.4 Å². The molecule has 1 aromatic heterocycles. The minimum Gasteiger partial charge on any atom is -0.376 e. The molecular weight excluding hydrogens is 136 g/mol. The third kappa shape index (κ3) is 2.00. The Kier molecular flexibility index (Phi) is 2.16. The molecule has 1 rings (SSSR count). The number of rotatable bonds is 1. The van der Waals surface area contributed by atoms with E-state index < -0.39 is 0 Å². The number of nitrogens with zero attached hydrogens (tertiary/aromatic N) is 2. The van der Waals surface area contributed by atoms with Crippen molar-refractivity contribution in [3.63, 3.8) is 0 Å². The first kappa shape index (κ1) is 7.66. The molecule has 0 aliphatic heterocycles. The maximum Gasteiger partial charge on any atom is 0.104 e. The van der Waals surface area contributed by atoms with E-state index in [0.717, 1.165) is 5.69 Å². The summed E-state index contributed by atoms with van der Waals surface area (Å²) in [4.78, 5) is 0. The van der Waals surface area contributed by atoms with E-state index in [1.807, 2.05) is 37.7 Å². The van der Waals surface area contributed by atoms with E-state index >= 15 is 0 Å². The molecule has 0 aliphatic rings. The fourth-order valence-electron chi connectivity index (χ4n) is 0.833. The van der Waals surface area contributed by atoms with Crippen LogP contribution in [0.25, 0.3) is 0 Å². The third-order valence-corrected chi connectivity index (χ3v) is 1.33. The van der Waals surface area contributed by atoms with Crippen molar-refractivity contribution in [2.45, 2.75) is 0 Å². The highest BCUT2D eigenvalue weighted by Gasteiger charge is 1.88. The SMILES string of the molecule is [CH2-][N+](C)=Cc1cccc[n+]1[CH2-]. The van der Waals surface area contributed by atoms with Crippen LogP contribution in [0.5, 0.6) is 0 Å². The number of aromatic nitrogens is 1. The van der Waals surface area contributed by atoms with Crippen LogP contribution in [0.1, 0.15) is 5.69 Å². The molecule has 11 heavy (non-hydrogen) atoms. The average molecular weight is 148 g/mol. The lowest BCUT2D eigenvalue weighted by atomic mass is 10.3. The van der Waals surface area contributed by atoms with E-state index in [9.17, 15) is 0 Å². The van der Waals surface area contributed by atoms with Crippen LogP contribution in [0, 0.1) is 14.1 Å². The Hall–Kier alpha value is -1.44. The van der Waals surface area contributed by atoms with Crippen LogP contribution in [0.4, 0.5) is 0 Å². The zero-order chi connectivity index (χ0) is 8.27. The predicted molar refractivity (Wildman–Crippen MR) is 44.1 cm³/mol. The minimum atomic E-state index is 1.03. The highest BCUT2D eigenvalue weighted by molar-refractivity contribution is 5.70. The Morgan fingerprint density at radius 1 is 1.55 bits per heavy atom. The zero-order valence-corrected chi connectivity index (χ0v) is 6.70. The maximum atomic E-state index is 3.80. The van der Waals surface area contributed by atoms with Gasteiger partial charge in [-0.1, -0.05) is 18.2 Å². The fraction of sp³-hybridized carbons (Fsp3) is 0.111. The molecule has 0 fully saturated rings. The summed E-state index contributed by atoms with van der Waals surface area (Å²) in [6.07, 6.45) is 3.81. The Morgan fingerprint density at radius 3 is 2.82 bits per heavy atom. The summed E-state index contributed by atoms with van der Waals surface area (Å²) < 4.78 is 3.54. The van der Waals surface area contributed by atoms with E-state index in [-0.39, 0.29) is 0 Å². The van der Waals surface area contributed by atoms with Gasteiger partial charge >= 0.3 is 0 Å². The van der Waals surface area contributed by atoms with Crippen molar-refractivity contribution in [1.82, 2.24) is 0 Å². The predicted octanol–water partition coefficient (Wildman–Crippen LogP) is 0.467. The summed E-state index contributed by atoms with van der Waals surface area (Å²) in [5.74, 6) is 0. The second-order valence-electron chi connectivity index (χ2n) is 2.48. The van der Waals surface area contributed by atoms with Crippen molar-refractivity contribution in [3.05, 3.63) is 44.2 Å². The van der Waals surface area contributed by atoms with Gasteiger partial charge in [-0.25, -0.2) is 0 Å². The van der Waals surface area contributed by atoms with Gasteiger partial charge in [0, 0.05) is 13.3 Å². The maximum absolute atomic E-state index is 3.80. The molecule has 0 N–H and O–H groups in total. The highest BCUT2D eigenvalue weighted by atomic mass is 15.0. The summed E-state index contributed by atoms with van der Waals surface area (Å²) in [6, 6.07) is 5.89. The van der Waals surface area contributed by atoms with Crippen molar-refractivity contribution in [2.75, 3.05) is 7.05 Å². The largest absolute Gasteiger partial charge is 0.376 e. The van der Waals surface area contributed by atoms with Crippen LogP contribution >= 0.6 is 0 Å². The van der Waals surface area contributed by atoms with Gasteiger partial charge in [-0.05, 0) is 7.05 Å². The molecule has 1 heterocycles. The summed E-state index contributed by atoms with van der Waals surface area (Å²) in [5.41, 5.74) is 1.03. The monoisotopic (exact) mass is 148 g/mol. The van der Waals surface area contributed by atoms with E-state index in [1.54, 1.807) is 9.14 Å².